The van der Waals surface area contributed by atoms with Crippen molar-refractivity contribution in [1.29, 1.82) is 0 Å². The van der Waals surface area contributed by atoms with Gasteiger partial charge in [0, 0.05) is 24.0 Å². The van der Waals surface area contributed by atoms with Crippen LogP contribution in [-0.4, -0.2) is 22.7 Å². The zero-order valence-electron chi connectivity index (χ0n) is 6.99. The Labute approximate surface area is 71.4 Å². The van der Waals surface area contributed by atoms with Crippen molar-refractivity contribution in [1.82, 2.24) is 4.98 Å². The van der Waals surface area contributed by atoms with Crippen molar-refractivity contribution in [2.45, 2.75) is 13.0 Å². The fourth-order valence-electron chi connectivity index (χ4n) is 0.824. The molecule has 1 aromatic heterocycles. The Kier molecular flexibility index (Phi) is 2.88. The Balaban J connectivity index is 2.63. The van der Waals surface area contributed by atoms with Crippen molar-refractivity contribution >= 4 is 11.5 Å². The summed E-state index contributed by atoms with van der Waals surface area (Å²) in [5, 5.41) is 11.7. The fourth-order valence-corrected chi connectivity index (χ4v) is 0.824. The molecule has 66 valence electrons. The number of nitrogens with two attached hydrogens (primary N) is 1. The van der Waals surface area contributed by atoms with Gasteiger partial charge in [0.1, 0.15) is 5.82 Å². The Morgan fingerprint density at radius 3 is 3.08 bits per heavy atom. The predicted octanol–water partition coefficient (Wildman–Crippen LogP) is 0.456. The second kappa shape index (κ2) is 3.92. The fraction of sp³-hybridized carbons (Fsp3) is 0.375. The van der Waals surface area contributed by atoms with Crippen molar-refractivity contribution < 1.29 is 5.11 Å². The maximum Gasteiger partial charge on any atom is 0.128 e. The molecule has 0 aromatic carbocycles. The largest absolute Gasteiger partial charge is 0.399 e. The molecule has 4 N–H and O–H groups in total. The molecule has 0 aliphatic heterocycles. The first-order valence-corrected chi connectivity index (χ1v) is 3.81. The Morgan fingerprint density at radius 2 is 2.50 bits per heavy atom. The van der Waals surface area contributed by atoms with Gasteiger partial charge in [-0.2, -0.15) is 0 Å². The first-order chi connectivity index (χ1) is 5.72. The van der Waals surface area contributed by atoms with E-state index in [9.17, 15) is 0 Å². The summed E-state index contributed by atoms with van der Waals surface area (Å²) in [6.45, 7) is 1.95. The van der Waals surface area contributed by atoms with Crippen LogP contribution in [0.1, 0.15) is 6.92 Å². The zero-order chi connectivity index (χ0) is 8.97. The number of pyridine rings is 1. The van der Waals surface area contributed by atoms with Crippen LogP contribution < -0.4 is 11.1 Å². The van der Waals surface area contributed by atoms with E-state index >= 15 is 0 Å². The van der Waals surface area contributed by atoms with Crippen molar-refractivity contribution in [3.8, 4) is 0 Å². The molecular formula is C8H13N3O. The Hall–Kier alpha value is -1.29. The van der Waals surface area contributed by atoms with E-state index in [1.165, 1.54) is 0 Å². The van der Waals surface area contributed by atoms with Crippen molar-refractivity contribution in [3.63, 3.8) is 0 Å². The van der Waals surface area contributed by atoms with Crippen LogP contribution in [0.4, 0.5) is 11.5 Å². The highest BCUT2D eigenvalue weighted by molar-refractivity contribution is 5.48. The molecule has 0 aliphatic rings. The number of nitrogens with one attached hydrogen (secondary N) is 1. The molecular weight excluding hydrogens is 154 g/mol. The number of nitrogens with zero attached hydrogens (tertiary/aromatic N) is 1. The highest BCUT2D eigenvalue weighted by atomic mass is 16.3. The average Bonchev–Trinajstić information content (AvgIpc) is 2.04. The lowest BCUT2D eigenvalue weighted by atomic mass is 10.3. The lowest BCUT2D eigenvalue weighted by Crippen LogP contribution is -2.19. The molecule has 0 radical (unpaired) electrons. The van der Waals surface area contributed by atoms with E-state index in [1.807, 2.05) is 6.92 Å². The summed E-state index contributed by atoms with van der Waals surface area (Å²) < 4.78 is 0. The van der Waals surface area contributed by atoms with Gasteiger partial charge in [0.2, 0.25) is 0 Å². The van der Waals surface area contributed by atoms with Gasteiger partial charge in [0.25, 0.3) is 0 Å². The maximum absolute atomic E-state index is 8.74. The highest BCUT2D eigenvalue weighted by Crippen LogP contribution is 2.08. The van der Waals surface area contributed by atoms with Crippen LogP contribution in [0, 0.1) is 0 Å². The summed E-state index contributed by atoms with van der Waals surface area (Å²) in [5.41, 5.74) is 6.20. The third-order valence-corrected chi connectivity index (χ3v) is 1.45. The number of rotatable bonds is 3. The van der Waals surface area contributed by atoms with E-state index in [4.69, 9.17) is 10.8 Å². The predicted molar refractivity (Wildman–Crippen MR) is 48.8 cm³/mol. The number of hydrogen-bond acceptors (Lipinski definition) is 4. The number of aromatic nitrogens is 1. The third kappa shape index (κ3) is 2.39. The Morgan fingerprint density at radius 1 is 1.75 bits per heavy atom. The van der Waals surface area contributed by atoms with Crippen LogP contribution in [0.25, 0.3) is 0 Å². The molecule has 0 fully saturated rings. The van der Waals surface area contributed by atoms with Gasteiger partial charge >= 0.3 is 0 Å². The molecule has 1 atom stereocenters. The maximum atomic E-state index is 8.74. The van der Waals surface area contributed by atoms with Crippen LogP contribution in [0.15, 0.2) is 18.3 Å². The summed E-state index contributed by atoms with van der Waals surface area (Å²) in [6.07, 6.45) is 1.63. The van der Waals surface area contributed by atoms with Gasteiger partial charge in [-0.15, -0.1) is 0 Å². The number of hydrogen-bond donors (Lipinski definition) is 3. The van der Waals surface area contributed by atoms with E-state index < -0.39 is 0 Å². The molecule has 0 spiro atoms. The van der Waals surface area contributed by atoms with Gasteiger partial charge in [0.15, 0.2) is 0 Å². The molecule has 0 amide bonds. The SMILES string of the molecule is CC(CO)Nc1cc(N)ccn1. The summed E-state index contributed by atoms with van der Waals surface area (Å²) in [7, 11) is 0. The van der Waals surface area contributed by atoms with Crippen molar-refractivity contribution in [3.05, 3.63) is 18.3 Å². The van der Waals surface area contributed by atoms with Crippen LogP contribution in [0.3, 0.4) is 0 Å². The van der Waals surface area contributed by atoms with E-state index in [1.54, 1.807) is 18.3 Å². The topological polar surface area (TPSA) is 71.2 Å². The van der Waals surface area contributed by atoms with Gasteiger partial charge in [-0.3, -0.25) is 0 Å². The zero-order valence-corrected chi connectivity index (χ0v) is 6.99. The molecule has 1 aromatic rings. The summed E-state index contributed by atoms with van der Waals surface area (Å²) in [6, 6.07) is 3.44. The van der Waals surface area contributed by atoms with Crippen molar-refractivity contribution in [2.24, 2.45) is 0 Å². The quantitative estimate of drug-likeness (QED) is 0.611. The van der Waals surface area contributed by atoms with Gasteiger partial charge < -0.3 is 16.2 Å². The molecule has 1 unspecified atom stereocenters. The average molecular weight is 167 g/mol. The molecule has 1 heterocycles. The monoisotopic (exact) mass is 167 g/mol. The number of nitrogen functional groups attached to an aromatic ring is 1. The van der Waals surface area contributed by atoms with E-state index in [0.717, 1.165) is 0 Å². The van der Waals surface area contributed by atoms with E-state index in [2.05, 4.69) is 10.3 Å². The van der Waals surface area contributed by atoms with Gasteiger partial charge in [-0.25, -0.2) is 4.98 Å². The van der Waals surface area contributed by atoms with Gasteiger partial charge in [-0.05, 0) is 13.0 Å². The number of aliphatic hydroxyl groups excluding tert-OH is 1. The minimum Gasteiger partial charge on any atom is -0.399 e. The molecule has 0 saturated heterocycles. The lowest BCUT2D eigenvalue weighted by Gasteiger charge is -2.10. The number of aliphatic hydroxyl groups is 1. The van der Waals surface area contributed by atoms with E-state index in [-0.39, 0.29) is 12.6 Å². The first-order valence-electron chi connectivity index (χ1n) is 3.81. The van der Waals surface area contributed by atoms with Crippen LogP contribution in [-0.2, 0) is 0 Å². The number of anilines is 2. The molecule has 0 aliphatic carbocycles. The molecule has 12 heavy (non-hydrogen) atoms. The molecule has 0 bridgehead atoms. The Bertz CT molecular complexity index is 252. The van der Waals surface area contributed by atoms with Crippen LogP contribution in [0.2, 0.25) is 0 Å². The summed E-state index contributed by atoms with van der Waals surface area (Å²) in [5.74, 6) is 0.691. The standard InChI is InChI=1S/C8H13N3O/c1-6(5-12)11-8-4-7(9)2-3-10-8/h2-4,6,12H,5H2,1H3,(H3,9,10,11). The third-order valence-electron chi connectivity index (χ3n) is 1.45. The van der Waals surface area contributed by atoms with Crippen LogP contribution in [0.5, 0.6) is 0 Å². The highest BCUT2D eigenvalue weighted by Gasteiger charge is 1.99. The lowest BCUT2D eigenvalue weighted by molar-refractivity contribution is 0.281. The minimum absolute atomic E-state index is 0.000648. The molecule has 4 nitrogen and oxygen atoms in total. The minimum atomic E-state index is -0.000648. The van der Waals surface area contributed by atoms with E-state index in [0.29, 0.717) is 11.5 Å². The summed E-state index contributed by atoms with van der Waals surface area (Å²) >= 11 is 0. The molecule has 4 heteroatoms. The van der Waals surface area contributed by atoms with Gasteiger partial charge in [-0.1, -0.05) is 0 Å². The van der Waals surface area contributed by atoms with Gasteiger partial charge in [0.05, 0.1) is 6.61 Å². The first kappa shape index (κ1) is 8.80. The molecule has 1 rings (SSSR count). The second-order valence-electron chi connectivity index (χ2n) is 2.70. The van der Waals surface area contributed by atoms with Crippen LogP contribution >= 0.6 is 0 Å². The summed E-state index contributed by atoms with van der Waals surface area (Å²) in [4.78, 5) is 4.03. The second-order valence-corrected chi connectivity index (χ2v) is 2.70. The normalized spacial score (nSPS) is 12.5. The molecule has 0 saturated carbocycles. The van der Waals surface area contributed by atoms with Crippen molar-refractivity contribution in [2.75, 3.05) is 17.7 Å². The smallest absolute Gasteiger partial charge is 0.128 e.